The van der Waals surface area contributed by atoms with Crippen LogP contribution < -0.4 is 5.32 Å². The van der Waals surface area contributed by atoms with E-state index in [1.165, 1.54) is 24.1 Å². The van der Waals surface area contributed by atoms with E-state index in [-0.39, 0.29) is 6.54 Å². The molecule has 0 aliphatic heterocycles. The van der Waals surface area contributed by atoms with Gasteiger partial charge >= 0.3 is 0 Å². The molecular formula is C12H19F2NS. The molecule has 0 radical (unpaired) electrons. The zero-order valence-electron chi connectivity index (χ0n) is 9.64. The first-order valence-electron chi connectivity index (χ1n) is 5.77. The summed E-state index contributed by atoms with van der Waals surface area (Å²) in [7, 11) is 0. The van der Waals surface area contributed by atoms with Gasteiger partial charge in [0.2, 0.25) is 0 Å². The van der Waals surface area contributed by atoms with E-state index in [1.807, 2.05) is 0 Å². The zero-order chi connectivity index (χ0) is 11.8. The number of halogens is 2. The van der Waals surface area contributed by atoms with Gasteiger partial charge in [0.25, 0.3) is 6.43 Å². The summed E-state index contributed by atoms with van der Waals surface area (Å²) in [4.78, 5) is 1.36. The molecule has 92 valence electrons. The second kappa shape index (κ2) is 7.74. The molecule has 0 fully saturated rings. The van der Waals surface area contributed by atoms with Crippen molar-refractivity contribution >= 4 is 11.3 Å². The van der Waals surface area contributed by atoms with Crippen LogP contribution in [-0.2, 0) is 13.0 Å². The quantitative estimate of drug-likeness (QED) is 0.688. The van der Waals surface area contributed by atoms with Crippen LogP contribution in [0.15, 0.2) is 11.4 Å². The smallest absolute Gasteiger partial charge is 0.250 e. The van der Waals surface area contributed by atoms with Crippen molar-refractivity contribution in [3.8, 4) is 0 Å². The number of aryl methyl sites for hydroxylation is 1. The van der Waals surface area contributed by atoms with Crippen molar-refractivity contribution in [3.05, 3.63) is 21.9 Å². The normalized spacial score (nSPS) is 11.2. The molecule has 0 aliphatic carbocycles. The van der Waals surface area contributed by atoms with Crippen LogP contribution in [0.2, 0.25) is 0 Å². The van der Waals surface area contributed by atoms with E-state index in [4.69, 9.17) is 0 Å². The standard InChI is InChI=1S/C12H19F2NS/c1-2-3-4-5-11-6-10(9-16-11)7-15-8-12(13)14/h6,9,12,15H,2-5,7-8H2,1H3. The van der Waals surface area contributed by atoms with E-state index < -0.39 is 6.43 Å². The summed E-state index contributed by atoms with van der Waals surface area (Å²) >= 11 is 1.73. The van der Waals surface area contributed by atoms with E-state index in [0.717, 1.165) is 12.0 Å². The number of hydrogen-bond donors (Lipinski definition) is 1. The average Bonchev–Trinajstić information content (AvgIpc) is 2.66. The maximum Gasteiger partial charge on any atom is 0.250 e. The monoisotopic (exact) mass is 247 g/mol. The molecule has 0 spiro atoms. The molecule has 1 aromatic heterocycles. The predicted octanol–water partition coefficient (Wildman–Crippen LogP) is 3.84. The maximum atomic E-state index is 11.9. The SMILES string of the molecule is CCCCCc1cc(CNCC(F)F)cs1. The van der Waals surface area contributed by atoms with Crippen molar-refractivity contribution in [2.24, 2.45) is 0 Å². The topological polar surface area (TPSA) is 12.0 Å². The van der Waals surface area contributed by atoms with Crippen LogP contribution in [0, 0.1) is 0 Å². The number of rotatable bonds is 8. The summed E-state index contributed by atoms with van der Waals surface area (Å²) in [6, 6.07) is 2.12. The molecule has 4 heteroatoms. The minimum absolute atomic E-state index is 0.221. The summed E-state index contributed by atoms with van der Waals surface area (Å²) < 4.78 is 23.8. The first-order valence-corrected chi connectivity index (χ1v) is 6.65. The van der Waals surface area contributed by atoms with Gasteiger partial charge in [-0.3, -0.25) is 0 Å². The lowest BCUT2D eigenvalue weighted by Gasteiger charge is -2.00. The van der Waals surface area contributed by atoms with Crippen molar-refractivity contribution in [1.29, 1.82) is 0 Å². The van der Waals surface area contributed by atoms with Crippen molar-refractivity contribution in [1.82, 2.24) is 5.32 Å². The lowest BCUT2D eigenvalue weighted by molar-refractivity contribution is 0.145. The summed E-state index contributed by atoms with van der Waals surface area (Å²) in [5.74, 6) is 0. The molecule has 0 amide bonds. The Bertz CT molecular complexity index is 286. The summed E-state index contributed by atoms with van der Waals surface area (Å²) in [5.41, 5.74) is 1.12. The third kappa shape index (κ3) is 5.56. The number of thiophene rings is 1. The van der Waals surface area contributed by atoms with Crippen LogP contribution in [0.1, 0.15) is 36.6 Å². The third-order valence-electron chi connectivity index (χ3n) is 2.36. The van der Waals surface area contributed by atoms with Crippen LogP contribution >= 0.6 is 11.3 Å². The first kappa shape index (κ1) is 13.6. The Morgan fingerprint density at radius 1 is 1.38 bits per heavy atom. The molecule has 1 rings (SSSR count). The molecule has 1 aromatic rings. The van der Waals surface area contributed by atoms with Crippen molar-refractivity contribution in [2.45, 2.75) is 45.6 Å². The molecule has 1 nitrogen and oxygen atoms in total. The molecule has 0 saturated carbocycles. The average molecular weight is 247 g/mol. The zero-order valence-corrected chi connectivity index (χ0v) is 10.5. The summed E-state index contributed by atoms with van der Waals surface area (Å²) in [6.07, 6.45) is 2.57. The summed E-state index contributed by atoms with van der Waals surface area (Å²) in [5, 5.41) is 4.79. The minimum Gasteiger partial charge on any atom is -0.307 e. The fourth-order valence-electron chi connectivity index (χ4n) is 1.52. The summed E-state index contributed by atoms with van der Waals surface area (Å²) in [6.45, 7) is 2.52. The van der Waals surface area contributed by atoms with Gasteiger partial charge in [-0.1, -0.05) is 19.8 Å². The lowest BCUT2D eigenvalue weighted by atomic mass is 10.2. The molecule has 0 aliphatic rings. The van der Waals surface area contributed by atoms with Crippen LogP contribution in [0.5, 0.6) is 0 Å². The fourth-order valence-corrected chi connectivity index (χ4v) is 2.46. The highest BCUT2D eigenvalue weighted by Crippen LogP contribution is 2.17. The molecular weight excluding hydrogens is 228 g/mol. The van der Waals surface area contributed by atoms with Gasteiger partial charge in [-0.2, -0.15) is 0 Å². The Labute approximate surface area is 99.9 Å². The predicted molar refractivity (Wildman–Crippen MR) is 65.3 cm³/mol. The molecule has 0 unspecified atom stereocenters. The third-order valence-corrected chi connectivity index (χ3v) is 3.41. The number of unbranched alkanes of at least 4 members (excludes halogenated alkanes) is 2. The fraction of sp³-hybridized carbons (Fsp3) is 0.667. The highest BCUT2D eigenvalue weighted by molar-refractivity contribution is 7.10. The van der Waals surface area contributed by atoms with E-state index in [1.54, 1.807) is 11.3 Å². The van der Waals surface area contributed by atoms with Gasteiger partial charge in [-0.15, -0.1) is 11.3 Å². The second-order valence-corrected chi connectivity index (χ2v) is 4.90. The molecule has 1 heterocycles. The lowest BCUT2D eigenvalue weighted by Crippen LogP contribution is -2.20. The van der Waals surface area contributed by atoms with Crippen LogP contribution in [0.3, 0.4) is 0 Å². The van der Waals surface area contributed by atoms with Crippen LogP contribution in [0.25, 0.3) is 0 Å². The molecule has 0 atom stereocenters. The number of hydrogen-bond acceptors (Lipinski definition) is 2. The van der Waals surface area contributed by atoms with Gasteiger partial charge < -0.3 is 5.32 Å². The van der Waals surface area contributed by atoms with Crippen molar-refractivity contribution < 1.29 is 8.78 Å². The largest absolute Gasteiger partial charge is 0.307 e. The van der Waals surface area contributed by atoms with Gasteiger partial charge in [0.15, 0.2) is 0 Å². The van der Waals surface area contributed by atoms with Crippen molar-refractivity contribution in [3.63, 3.8) is 0 Å². The molecule has 16 heavy (non-hydrogen) atoms. The Morgan fingerprint density at radius 3 is 2.88 bits per heavy atom. The van der Waals surface area contributed by atoms with Gasteiger partial charge in [0.05, 0.1) is 6.54 Å². The molecule has 0 aromatic carbocycles. The van der Waals surface area contributed by atoms with Gasteiger partial charge in [0, 0.05) is 11.4 Å². The number of alkyl halides is 2. The Balaban J connectivity index is 2.22. The first-order chi connectivity index (χ1) is 7.72. The second-order valence-electron chi connectivity index (χ2n) is 3.90. The Kier molecular flexibility index (Phi) is 6.57. The minimum atomic E-state index is -2.26. The molecule has 1 N–H and O–H groups in total. The van der Waals surface area contributed by atoms with Crippen molar-refractivity contribution in [2.75, 3.05) is 6.54 Å². The molecule has 0 bridgehead atoms. The highest BCUT2D eigenvalue weighted by atomic mass is 32.1. The van der Waals surface area contributed by atoms with E-state index >= 15 is 0 Å². The Morgan fingerprint density at radius 2 is 2.19 bits per heavy atom. The van der Waals surface area contributed by atoms with Gasteiger partial charge in [0.1, 0.15) is 0 Å². The van der Waals surface area contributed by atoms with Gasteiger partial charge in [-0.05, 0) is 29.9 Å². The van der Waals surface area contributed by atoms with E-state index in [0.29, 0.717) is 6.54 Å². The highest BCUT2D eigenvalue weighted by Gasteiger charge is 2.03. The van der Waals surface area contributed by atoms with Crippen LogP contribution in [-0.4, -0.2) is 13.0 Å². The van der Waals surface area contributed by atoms with Gasteiger partial charge in [-0.25, -0.2) is 8.78 Å². The molecule has 0 saturated heterocycles. The number of nitrogens with one attached hydrogen (secondary N) is 1. The Hall–Kier alpha value is -0.480. The van der Waals surface area contributed by atoms with E-state index in [2.05, 4.69) is 23.7 Å². The van der Waals surface area contributed by atoms with E-state index in [9.17, 15) is 8.78 Å². The maximum absolute atomic E-state index is 11.9. The van der Waals surface area contributed by atoms with Crippen LogP contribution in [0.4, 0.5) is 8.78 Å².